The summed E-state index contributed by atoms with van der Waals surface area (Å²) in [6.45, 7) is 0. The number of hydrogen-bond donors (Lipinski definition) is 1. The summed E-state index contributed by atoms with van der Waals surface area (Å²) in [4.78, 5) is 14.3. The second-order valence-electron chi connectivity index (χ2n) is 7.99. The highest BCUT2D eigenvalue weighted by atomic mass is 79.9. The minimum Gasteiger partial charge on any atom is -1.00 e. The highest BCUT2D eigenvalue weighted by Crippen LogP contribution is 2.52. The molecule has 5 atom stereocenters. The van der Waals surface area contributed by atoms with Crippen LogP contribution in [0.15, 0.2) is 35.0 Å². The zero-order valence-electron chi connectivity index (χ0n) is 15.1. The number of ether oxygens (including phenoxy) is 2. The van der Waals surface area contributed by atoms with E-state index in [-0.39, 0.29) is 23.1 Å². The summed E-state index contributed by atoms with van der Waals surface area (Å²) in [5.41, 5.74) is -1.72. The number of aliphatic hydroxyl groups is 1. The Morgan fingerprint density at radius 2 is 1.67 bits per heavy atom. The number of thiophene rings is 2. The van der Waals surface area contributed by atoms with Crippen LogP contribution in [-0.2, 0) is 19.9 Å². The molecule has 3 aliphatic rings. The second kappa shape index (κ2) is 6.64. The Morgan fingerprint density at radius 3 is 2.11 bits per heavy atom. The SMILES string of the molecule is C[N+]1(C)C2CC(OC(=O)C(O)(c3cccs3)c3cccs3)C[C@@H]1C1OC12.[Br-]. The maximum absolute atomic E-state index is 13.1. The summed E-state index contributed by atoms with van der Waals surface area (Å²) >= 11 is 2.74. The van der Waals surface area contributed by atoms with Crippen molar-refractivity contribution in [3.8, 4) is 0 Å². The molecule has 0 aromatic carbocycles. The number of nitrogens with zero attached hydrogens (tertiary/aromatic N) is 1. The maximum atomic E-state index is 13.1. The van der Waals surface area contributed by atoms with Crippen LogP contribution < -0.4 is 17.0 Å². The zero-order chi connectivity index (χ0) is 18.1. The van der Waals surface area contributed by atoms with Crippen molar-refractivity contribution in [3.05, 3.63) is 44.8 Å². The molecule has 146 valence electrons. The van der Waals surface area contributed by atoms with Crippen molar-refractivity contribution in [1.29, 1.82) is 0 Å². The Morgan fingerprint density at radius 1 is 1.15 bits per heavy atom. The summed E-state index contributed by atoms with van der Waals surface area (Å²) in [7, 11) is 4.49. The lowest BCUT2D eigenvalue weighted by molar-refractivity contribution is -0.938. The first-order valence-electron chi connectivity index (χ1n) is 8.92. The lowest BCUT2D eigenvalue weighted by Crippen LogP contribution is -3.00. The number of carbonyl (C=O) groups is 1. The molecule has 3 aliphatic heterocycles. The van der Waals surface area contributed by atoms with E-state index in [1.807, 2.05) is 22.9 Å². The average Bonchev–Trinajstić information content (AvgIpc) is 2.98. The van der Waals surface area contributed by atoms with E-state index in [9.17, 15) is 9.90 Å². The molecule has 3 fully saturated rings. The van der Waals surface area contributed by atoms with Gasteiger partial charge in [0.2, 0.25) is 5.60 Å². The van der Waals surface area contributed by atoms with Gasteiger partial charge in [0.15, 0.2) is 0 Å². The van der Waals surface area contributed by atoms with Crippen LogP contribution in [-0.4, -0.2) is 60.0 Å². The molecule has 5 rings (SSSR count). The largest absolute Gasteiger partial charge is 1.00 e. The summed E-state index contributed by atoms with van der Waals surface area (Å²) < 4.78 is 12.6. The third-order valence-electron chi connectivity index (χ3n) is 6.36. The average molecular weight is 472 g/mol. The highest BCUT2D eigenvalue weighted by molar-refractivity contribution is 7.12. The number of morpholine rings is 1. The molecular formula is C19H22BrNO4S2. The molecule has 0 amide bonds. The molecule has 2 bridgehead atoms. The number of carbonyl (C=O) groups excluding carboxylic acids is 1. The molecule has 2 aromatic heterocycles. The molecule has 1 N–H and O–H groups in total. The van der Waals surface area contributed by atoms with Crippen LogP contribution in [0.2, 0.25) is 0 Å². The Bertz CT molecular complexity index is 769. The van der Waals surface area contributed by atoms with Gasteiger partial charge in [-0.1, -0.05) is 12.1 Å². The topological polar surface area (TPSA) is 59.1 Å². The first kappa shape index (κ1) is 19.5. The number of fused-ring (bicyclic) bond motifs is 5. The van der Waals surface area contributed by atoms with E-state index in [1.165, 1.54) is 22.7 Å². The monoisotopic (exact) mass is 471 g/mol. The Hall–Kier alpha value is -0.770. The van der Waals surface area contributed by atoms with Gasteiger partial charge < -0.3 is 36.0 Å². The van der Waals surface area contributed by atoms with Crippen molar-refractivity contribution in [1.82, 2.24) is 0 Å². The molecule has 4 unspecified atom stereocenters. The van der Waals surface area contributed by atoms with Crippen molar-refractivity contribution < 1.29 is 40.8 Å². The molecule has 0 saturated carbocycles. The van der Waals surface area contributed by atoms with Crippen LogP contribution in [0.1, 0.15) is 22.6 Å². The number of hydrogen-bond acceptors (Lipinski definition) is 6. The van der Waals surface area contributed by atoms with Gasteiger partial charge in [-0.25, -0.2) is 4.79 Å². The van der Waals surface area contributed by atoms with E-state index in [1.54, 1.807) is 12.1 Å². The fourth-order valence-corrected chi connectivity index (χ4v) is 6.54. The third-order valence-corrected chi connectivity index (χ3v) is 8.32. The lowest BCUT2D eigenvalue weighted by atomic mass is 9.95. The number of rotatable bonds is 4. The second-order valence-corrected chi connectivity index (χ2v) is 9.89. The number of epoxide rings is 1. The van der Waals surface area contributed by atoms with Crippen LogP contribution >= 0.6 is 22.7 Å². The van der Waals surface area contributed by atoms with Gasteiger partial charge in [-0.2, -0.15) is 0 Å². The highest BCUT2D eigenvalue weighted by Gasteiger charge is 2.71. The molecule has 27 heavy (non-hydrogen) atoms. The van der Waals surface area contributed by atoms with Crippen LogP contribution in [0.4, 0.5) is 0 Å². The molecule has 3 saturated heterocycles. The molecular weight excluding hydrogens is 450 g/mol. The minimum absolute atomic E-state index is 0. The van der Waals surface area contributed by atoms with Gasteiger partial charge in [0.1, 0.15) is 30.4 Å². The van der Waals surface area contributed by atoms with Crippen LogP contribution in [0.3, 0.4) is 0 Å². The standard InChI is InChI=1S/C19H22NO4S2.BrH/c1-20(2)12-9-11(10-13(20)17-16(12)24-17)23-18(21)19(22,14-5-3-7-25-14)15-6-4-8-26-15;/h3-8,11-13,16-17,22H,9-10H2,1-2H3;1H/q+1;/p-1/t11?,12-,13?,16?,17?;/m1./s1. The maximum Gasteiger partial charge on any atom is 0.349 e. The summed E-state index contributed by atoms with van der Waals surface area (Å²) in [6.07, 6.45) is 2.05. The van der Waals surface area contributed by atoms with Crippen molar-refractivity contribution in [2.75, 3.05) is 14.1 Å². The van der Waals surface area contributed by atoms with E-state index in [4.69, 9.17) is 9.47 Å². The fourth-order valence-electron chi connectivity index (χ4n) is 4.83. The number of piperidine rings is 1. The number of likely N-dealkylation sites (N-methyl/N-ethyl adjacent to an activating group) is 1. The Kier molecular flexibility index (Phi) is 4.81. The molecule has 5 heterocycles. The molecule has 0 spiro atoms. The van der Waals surface area contributed by atoms with Gasteiger partial charge >= 0.3 is 5.97 Å². The van der Waals surface area contributed by atoms with Crippen LogP contribution in [0, 0.1) is 0 Å². The minimum atomic E-state index is -1.72. The van der Waals surface area contributed by atoms with Gasteiger partial charge in [0, 0.05) is 12.8 Å². The molecule has 8 heteroatoms. The van der Waals surface area contributed by atoms with Crippen molar-refractivity contribution >= 4 is 28.6 Å². The van der Waals surface area contributed by atoms with E-state index in [0.29, 0.717) is 34.0 Å². The molecule has 5 nitrogen and oxygen atoms in total. The number of quaternary nitrogens is 1. The summed E-state index contributed by atoms with van der Waals surface area (Å²) in [5.74, 6) is -0.561. The Labute approximate surface area is 176 Å². The molecule has 2 aromatic rings. The van der Waals surface area contributed by atoms with Crippen LogP contribution in [0.5, 0.6) is 0 Å². The summed E-state index contributed by atoms with van der Waals surface area (Å²) in [6, 6.07) is 8.01. The van der Waals surface area contributed by atoms with Gasteiger partial charge in [-0.05, 0) is 22.9 Å². The van der Waals surface area contributed by atoms with Crippen molar-refractivity contribution in [2.24, 2.45) is 0 Å². The molecule has 0 aliphatic carbocycles. The number of halogens is 1. The van der Waals surface area contributed by atoms with Gasteiger partial charge in [-0.15, -0.1) is 22.7 Å². The van der Waals surface area contributed by atoms with Gasteiger partial charge in [0.05, 0.1) is 23.8 Å². The van der Waals surface area contributed by atoms with Crippen molar-refractivity contribution in [2.45, 2.75) is 48.8 Å². The van der Waals surface area contributed by atoms with E-state index in [0.717, 1.165) is 17.3 Å². The van der Waals surface area contributed by atoms with Crippen molar-refractivity contribution in [3.63, 3.8) is 0 Å². The number of esters is 1. The first-order chi connectivity index (χ1) is 12.4. The lowest BCUT2D eigenvalue weighted by Gasteiger charge is -2.45. The molecule has 0 radical (unpaired) electrons. The van der Waals surface area contributed by atoms with E-state index < -0.39 is 11.6 Å². The summed E-state index contributed by atoms with van der Waals surface area (Å²) in [5, 5.41) is 15.1. The third kappa shape index (κ3) is 2.84. The Balaban J connectivity index is 0.00000180. The quantitative estimate of drug-likeness (QED) is 0.365. The zero-order valence-corrected chi connectivity index (χ0v) is 18.3. The fraction of sp³-hybridized carbons (Fsp3) is 0.526. The van der Waals surface area contributed by atoms with E-state index >= 15 is 0 Å². The van der Waals surface area contributed by atoms with E-state index in [2.05, 4.69) is 14.1 Å². The van der Waals surface area contributed by atoms with Gasteiger partial charge in [0.25, 0.3) is 0 Å². The first-order valence-corrected chi connectivity index (χ1v) is 10.7. The normalized spacial score (nSPS) is 33.1. The predicted molar refractivity (Wildman–Crippen MR) is 99.1 cm³/mol. The smallest absolute Gasteiger partial charge is 0.349 e. The van der Waals surface area contributed by atoms with Crippen LogP contribution in [0.25, 0.3) is 0 Å². The van der Waals surface area contributed by atoms with Gasteiger partial charge in [-0.3, -0.25) is 0 Å². The predicted octanol–water partition coefficient (Wildman–Crippen LogP) is -0.650.